The molecule has 0 saturated carbocycles. The van der Waals surface area contributed by atoms with Crippen molar-refractivity contribution in [2.45, 2.75) is 32.7 Å². The lowest BCUT2D eigenvalue weighted by Gasteiger charge is -2.39. The van der Waals surface area contributed by atoms with Crippen LogP contribution < -0.4 is 5.32 Å². The number of allylic oxidation sites excluding steroid dienone is 2. The minimum atomic E-state index is -0.424. The highest BCUT2D eigenvalue weighted by atomic mass is 79.9. The van der Waals surface area contributed by atoms with E-state index in [2.05, 4.69) is 35.1 Å². The van der Waals surface area contributed by atoms with Crippen LogP contribution in [0.1, 0.15) is 38.3 Å². The van der Waals surface area contributed by atoms with Gasteiger partial charge in [-0.1, -0.05) is 38.1 Å². The molecular formula is C22H19BrFN3O. The lowest BCUT2D eigenvalue weighted by Crippen LogP contribution is -2.36. The van der Waals surface area contributed by atoms with Crippen molar-refractivity contribution in [3.63, 3.8) is 0 Å². The van der Waals surface area contributed by atoms with E-state index >= 15 is 0 Å². The molecule has 2 aliphatic rings. The second kappa shape index (κ2) is 6.01. The van der Waals surface area contributed by atoms with Crippen LogP contribution in [0.5, 0.6) is 0 Å². The molecule has 1 N–H and O–H groups in total. The maximum atomic E-state index is 14.4. The number of hydrogen-bond donors (Lipinski definition) is 1. The molecule has 3 aromatic rings. The average molecular weight is 440 g/mol. The number of rotatable bonds is 1. The van der Waals surface area contributed by atoms with Crippen molar-refractivity contribution in [1.29, 1.82) is 0 Å². The molecular weight excluding hydrogens is 421 g/mol. The molecule has 28 heavy (non-hydrogen) atoms. The van der Waals surface area contributed by atoms with Gasteiger partial charge in [-0.2, -0.15) is 0 Å². The smallest absolute Gasteiger partial charge is 0.209 e. The zero-order valence-corrected chi connectivity index (χ0v) is 17.2. The van der Waals surface area contributed by atoms with Crippen molar-refractivity contribution >= 4 is 38.7 Å². The van der Waals surface area contributed by atoms with Crippen LogP contribution in [0.15, 0.2) is 58.2 Å². The summed E-state index contributed by atoms with van der Waals surface area (Å²) in [6, 6.07) is 12.4. The van der Waals surface area contributed by atoms with Gasteiger partial charge >= 0.3 is 0 Å². The fraction of sp³-hybridized carbons (Fsp3) is 0.273. The molecule has 5 rings (SSSR count). The molecule has 0 fully saturated rings. The molecule has 1 aromatic heterocycles. The van der Waals surface area contributed by atoms with Gasteiger partial charge in [0, 0.05) is 17.7 Å². The first-order valence-corrected chi connectivity index (χ1v) is 10.1. The first kappa shape index (κ1) is 17.6. The summed E-state index contributed by atoms with van der Waals surface area (Å²) in [5.74, 6) is 0.447. The highest BCUT2D eigenvalue weighted by Crippen LogP contribution is 2.48. The number of halogens is 2. The molecule has 4 nitrogen and oxygen atoms in total. The Hall–Kier alpha value is -2.47. The van der Waals surface area contributed by atoms with Gasteiger partial charge in [-0.05, 0) is 51.5 Å². The molecule has 0 amide bonds. The molecule has 0 unspecified atom stereocenters. The Morgan fingerprint density at radius 3 is 2.79 bits per heavy atom. The van der Waals surface area contributed by atoms with Crippen LogP contribution in [0.4, 0.5) is 10.3 Å². The van der Waals surface area contributed by atoms with Crippen LogP contribution in [0.2, 0.25) is 0 Å². The van der Waals surface area contributed by atoms with Crippen molar-refractivity contribution in [3.05, 3.63) is 69.6 Å². The standard InChI is InChI=1S/C22H19BrFN3O/c1-22(2)10-15-18(17(28)11-22)20(12-6-5-7-13(24)19(12)23)27-16-9-4-3-8-14(16)25-21(27)26-15/h3-9,20H,10-11H2,1-2H3,(H,25,26)/t20-/m1/s1. The van der Waals surface area contributed by atoms with Crippen LogP contribution in [0.3, 0.4) is 0 Å². The van der Waals surface area contributed by atoms with Crippen molar-refractivity contribution in [2.24, 2.45) is 5.41 Å². The lowest BCUT2D eigenvalue weighted by molar-refractivity contribution is -0.118. The van der Waals surface area contributed by atoms with Gasteiger partial charge in [0.1, 0.15) is 5.82 Å². The first-order chi connectivity index (χ1) is 13.4. The van der Waals surface area contributed by atoms with Crippen molar-refractivity contribution in [2.75, 3.05) is 5.32 Å². The lowest BCUT2D eigenvalue weighted by atomic mass is 9.73. The Balaban J connectivity index is 1.83. The molecule has 6 heteroatoms. The third-order valence-corrected chi connectivity index (χ3v) is 6.42. The van der Waals surface area contributed by atoms with Crippen LogP contribution >= 0.6 is 15.9 Å². The number of Topliss-reactive ketones (excluding diaryl/α,β-unsaturated/α-hetero) is 1. The number of fused-ring (bicyclic) bond motifs is 3. The summed E-state index contributed by atoms with van der Waals surface area (Å²) in [6.07, 6.45) is 1.22. The molecule has 142 valence electrons. The van der Waals surface area contributed by atoms with Gasteiger partial charge in [-0.15, -0.1) is 0 Å². The highest BCUT2D eigenvalue weighted by molar-refractivity contribution is 9.10. The van der Waals surface area contributed by atoms with Gasteiger partial charge < -0.3 is 5.32 Å². The van der Waals surface area contributed by atoms with Crippen molar-refractivity contribution in [1.82, 2.24) is 9.55 Å². The molecule has 2 aromatic carbocycles. The summed E-state index contributed by atoms with van der Waals surface area (Å²) in [4.78, 5) is 18.0. The second-order valence-electron chi connectivity index (χ2n) is 8.30. The van der Waals surface area contributed by atoms with E-state index in [0.717, 1.165) is 28.7 Å². The summed E-state index contributed by atoms with van der Waals surface area (Å²) in [7, 11) is 0. The summed E-state index contributed by atoms with van der Waals surface area (Å²) >= 11 is 3.42. The number of imidazole rings is 1. The van der Waals surface area contributed by atoms with Crippen LogP contribution in [-0.2, 0) is 4.79 Å². The van der Waals surface area contributed by atoms with Gasteiger partial charge in [0.25, 0.3) is 0 Å². The number of ketones is 1. The monoisotopic (exact) mass is 439 g/mol. The number of carbonyl (C=O) groups is 1. The minimum absolute atomic E-state index is 0.100. The number of hydrogen-bond acceptors (Lipinski definition) is 3. The average Bonchev–Trinajstić information content (AvgIpc) is 2.99. The van der Waals surface area contributed by atoms with Gasteiger partial charge in [-0.25, -0.2) is 9.37 Å². The number of benzene rings is 2. The van der Waals surface area contributed by atoms with E-state index < -0.39 is 6.04 Å². The summed E-state index contributed by atoms with van der Waals surface area (Å²) in [6.45, 7) is 4.20. The van der Waals surface area contributed by atoms with E-state index in [1.54, 1.807) is 6.07 Å². The SMILES string of the molecule is CC1(C)CC(=O)C2=C(C1)Nc1nc3ccccc3n1[C@@H]2c1cccc(F)c1Br. The molecule has 1 aliphatic carbocycles. The molecule has 1 atom stereocenters. The zero-order chi connectivity index (χ0) is 19.6. The fourth-order valence-corrected chi connectivity index (χ4v) is 4.93. The molecule has 1 aliphatic heterocycles. The van der Waals surface area contributed by atoms with E-state index in [1.807, 2.05) is 34.9 Å². The van der Waals surface area contributed by atoms with Crippen molar-refractivity contribution < 1.29 is 9.18 Å². The number of aromatic nitrogens is 2. The minimum Gasteiger partial charge on any atom is -0.329 e. The summed E-state index contributed by atoms with van der Waals surface area (Å²) in [5.41, 5.74) is 3.96. The molecule has 0 saturated heterocycles. The van der Waals surface area contributed by atoms with Crippen LogP contribution in [-0.4, -0.2) is 15.3 Å². The third kappa shape index (κ3) is 2.54. The van der Waals surface area contributed by atoms with E-state index in [9.17, 15) is 9.18 Å². The Bertz CT molecular complexity index is 1180. The van der Waals surface area contributed by atoms with Crippen molar-refractivity contribution in [3.8, 4) is 0 Å². The van der Waals surface area contributed by atoms with E-state index in [4.69, 9.17) is 4.98 Å². The predicted octanol–water partition coefficient (Wildman–Crippen LogP) is 5.60. The molecule has 0 radical (unpaired) electrons. The van der Waals surface area contributed by atoms with E-state index in [1.165, 1.54) is 6.07 Å². The van der Waals surface area contributed by atoms with Gasteiger partial charge in [0.05, 0.1) is 21.5 Å². The Morgan fingerprint density at radius 1 is 1.18 bits per heavy atom. The van der Waals surface area contributed by atoms with Crippen LogP contribution in [0, 0.1) is 11.2 Å². The zero-order valence-electron chi connectivity index (χ0n) is 15.6. The Kier molecular flexibility index (Phi) is 3.78. The Labute approximate surface area is 170 Å². The number of anilines is 1. The normalized spacial score (nSPS) is 20.7. The quantitative estimate of drug-likeness (QED) is 0.536. The highest BCUT2D eigenvalue weighted by Gasteiger charge is 2.42. The van der Waals surface area contributed by atoms with Gasteiger partial charge in [0.15, 0.2) is 5.78 Å². The number of nitrogens with zero attached hydrogens (tertiary/aromatic N) is 2. The second-order valence-corrected chi connectivity index (χ2v) is 9.09. The summed E-state index contributed by atoms with van der Waals surface area (Å²) in [5, 5.41) is 3.41. The summed E-state index contributed by atoms with van der Waals surface area (Å²) < 4.78 is 16.8. The molecule has 2 heterocycles. The maximum absolute atomic E-state index is 14.4. The van der Waals surface area contributed by atoms with E-state index in [-0.39, 0.29) is 17.0 Å². The van der Waals surface area contributed by atoms with Gasteiger partial charge in [0.2, 0.25) is 5.95 Å². The van der Waals surface area contributed by atoms with Gasteiger partial charge in [-0.3, -0.25) is 9.36 Å². The molecule has 0 bridgehead atoms. The topological polar surface area (TPSA) is 46.9 Å². The number of carbonyl (C=O) groups excluding carboxylic acids is 1. The number of para-hydroxylation sites is 2. The third-order valence-electron chi connectivity index (χ3n) is 5.59. The predicted molar refractivity (Wildman–Crippen MR) is 111 cm³/mol. The van der Waals surface area contributed by atoms with E-state index in [0.29, 0.717) is 22.4 Å². The number of nitrogens with one attached hydrogen (secondary N) is 1. The maximum Gasteiger partial charge on any atom is 0.209 e. The molecule has 0 spiro atoms. The Morgan fingerprint density at radius 2 is 1.96 bits per heavy atom. The fourth-order valence-electron chi connectivity index (χ4n) is 4.45. The first-order valence-electron chi connectivity index (χ1n) is 9.30. The van der Waals surface area contributed by atoms with Crippen LogP contribution in [0.25, 0.3) is 11.0 Å². The largest absolute Gasteiger partial charge is 0.329 e.